The minimum absolute atomic E-state index is 0.0335. The lowest BCUT2D eigenvalue weighted by Crippen LogP contribution is -2.35. The highest BCUT2D eigenvalue weighted by Gasteiger charge is 2.36. The standard InChI is InChI=1S/C25H21N5O/c31-25-22(16-19-10-4-1-5-11-19)18-30-24(26-27-28-30)23(21-14-8-3-9-15-21)29(25)17-20-12-6-2-7-13-20/h1-16,23H,17-18H2/b22-16-. The van der Waals surface area contributed by atoms with Crippen LogP contribution in [0.15, 0.2) is 96.6 Å². The van der Waals surface area contributed by atoms with Gasteiger partial charge in [0.1, 0.15) is 6.04 Å². The highest BCUT2D eigenvalue weighted by atomic mass is 16.2. The van der Waals surface area contributed by atoms with E-state index < -0.39 is 0 Å². The monoisotopic (exact) mass is 407 g/mol. The normalized spacial score (nSPS) is 17.4. The lowest BCUT2D eigenvalue weighted by molar-refractivity contribution is -0.129. The summed E-state index contributed by atoms with van der Waals surface area (Å²) in [5.41, 5.74) is 3.65. The third-order valence-corrected chi connectivity index (χ3v) is 5.42. The molecule has 2 heterocycles. The molecule has 0 N–H and O–H groups in total. The minimum atomic E-state index is -0.384. The topological polar surface area (TPSA) is 63.9 Å². The summed E-state index contributed by atoms with van der Waals surface area (Å²) in [6.45, 7) is 0.781. The first-order chi connectivity index (χ1) is 15.3. The first-order valence-corrected chi connectivity index (χ1v) is 10.2. The van der Waals surface area contributed by atoms with Gasteiger partial charge in [-0.1, -0.05) is 91.0 Å². The van der Waals surface area contributed by atoms with Crippen LogP contribution in [-0.2, 0) is 17.9 Å². The van der Waals surface area contributed by atoms with Crippen LogP contribution in [0.25, 0.3) is 6.08 Å². The van der Waals surface area contributed by atoms with Crippen molar-refractivity contribution in [2.75, 3.05) is 0 Å². The van der Waals surface area contributed by atoms with Crippen molar-refractivity contribution in [2.45, 2.75) is 19.1 Å². The second kappa shape index (κ2) is 8.36. The summed E-state index contributed by atoms with van der Waals surface area (Å²) in [6.07, 6.45) is 1.93. The molecule has 1 atom stereocenters. The van der Waals surface area contributed by atoms with E-state index in [4.69, 9.17) is 0 Å². The first-order valence-electron chi connectivity index (χ1n) is 10.2. The van der Waals surface area contributed by atoms with Gasteiger partial charge in [0.05, 0.1) is 6.54 Å². The predicted octanol–water partition coefficient (Wildman–Crippen LogP) is 3.89. The molecule has 3 aromatic carbocycles. The zero-order valence-electron chi connectivity index (χ0n) is 16.9. The van der Waals surface area contributed by atoms with E-state index in [1.165, 1.54) is 0 Å². The highest BCUT2D eigenvalue weighted by Crippen LogP contribution is 2.33. The Balaban J connectivity index is 1.65. The van der Waals surface area contributed by atoms with Crippen molar-refractivity contribution in [3.8, 4) is 0 Å². The summed E-state index contributed by atoms with van der Waals surface area (Å²) in [5, 5.41) is 12.4. The summed E-state index contributed by atoms with van der Waals surface area (Å²) in [6, 6.07) is 29.4. The number of carbonyl (C=O) groups is 1. The van der Waals surface area contributed by atoms with Crippen LogP contribution >= 0.6 is 0 Å². The summed E-state index contributed by atoms with van der Waals surface area (Å²) in [5.74, 6) is 0.626. The van der Waals surface area contributed by atoms with Crippen molar-refractivity contribution in [1.29, 1.82) is 0 Å². The fraction of sp³-hybridized carbons (Fsp3) is 0.120. The van der Waals surface area contributed by atoms with Crippen molar-refractivity contribution >= 4 is 12.0 Å². The molecule has 0 saturated carbocycles. The molecule has 0 saturated heterocycles. The van der Waals surface area contributed by atoms with Crippen LogP contribution in [-0.4, -0.2) is 31.0 Å². The molecule has 1 aromatic heterocycles. The number of nitrogens with zero attached hydrogens (tertiary/aromatic N) is 5. The second-order valence-electron chi connectivity index (χ2n) is 7.51. The van der Waals surface area contributed by atoms with Gasteiger partial charge >= 0.3 is 0 Å². The molecule has 6 nitrogen and oxygen atoms in total. The van der Waals surface area contributed by atoms with Crippen LogP contribution in [0.3, 0.4) is 0 Å². The van der Waals surface area contributed by atoms with Crippen molar-refractivity contribution in [2.24, 2.45) is 0 Å². The number of fused-ring (bicyclic) bond motifs is 1. The van der Waals surface area contributed by atoms with Gasteiger partial charge in [-0.3, -0.25) is 4.79 Å². The zero-order chi connectivity index (χ0) is 21.0. The fourth-order valence-electron chi connectivity index (χ4n) is 3.96. The lowest BCUT2D eigenvalue weighted by Gasteiger charge is -2.29. The van der Waals surface area contributed by atoms with Crippen LogP contribution in [0.2, 0.25) is 0 Å². The maximum Gasteiger partial charge on any atom is 0.252 e. The second-order valence-corrected chi connectivity index (χ2v) is 7.51. The molecule has 6 heteroatoms. The van der Waals surface area contributed by atoms with Gasteiger partial charge in [0.15, 0.2) is 5.82 Å². The maximum atomic E-state index is 13.9. The number of aromatic nitrogens is 4. The Hall–Kier alpha value is -4.06. The molecule has 0 bridgehead atoms. The van der Waals surface area contributed by atoms with E-state index in [1.807, 2.05) is 102 Å². The molecule has 0 spiro atoms. The summed E-state index contributed by atoms with van der Waals surface area (Å²) in [4.78, 5) is 15.7. The van der Waals surface area contributed by atoms with E-state index in [2.05, 4.69) is 15.5 Å². The summed E-state index contributed by atoms with van der Waals surface area (Å²) < 4.78 is 1.73. The molecule has 0 radical (unpaired) electrons. The van der Waals surface area contributed by atoms with Crippen LogP contribution in [0, 0.1) is 0 Å². The number of benzene rings is 3. The Morgan fingerprint density at radius 2 is 1.52 bits per heavy atom. The predicted molar refractivity (Wildman–Crippen MR) is 118 cm³/mol. The van der Waals surface area contributed by atoms with Crippen molar-refractivity contribution in [3.05, 3.63) is 119 Å². The third-order valence-electron chi connectivity index (χ3n) is 5.42. The Labute approximate surface area is 180 Å². The molecule has 1 unspecified atom stereocenters. The number of amides is 1. The number of rotatable bonds is 4. The fourth-order valence-corrected chi connectivity index (χ4v) is 3.96. The Morgan fingerprint density at radius 1 is 0.871 bits per heavy atom. The Bertz CT molecular complexity index is 1200. The van der Waals surface area contributed by atoms with E-state index in [1.54, 1.807) is 4.68 Å². The lowest BCUT2D eigenvalue weighted by atomic mass is 10.0. The third kappa shape index (κ3) is 3.88. The zero-order valence-corrected chi connectivity index (χ0v) is 16.9. The Kier molecular flexibility index (Phi) is 5.10. The molecule has 31 heavy (non-hydrogen) atoms. The molecule has 1 aliphatic heterocycles. The van der Waals surface area contributed by atoms with Crippen LogP contribution in [0.4, 0.5) is 0 Å². The minimum Gasteiger partial charge on any atom is -0.320 e. The highest BCUT2D eigenvalue weighted by molar-refractivity contribution is 5.98. The summed E-state index contributed by atoms with van der Waals surface area (Å²) >= 11 is 0. The smallest absolute Gasteiger partial charge is 0.252 e. The molecule has 0 aliphatic carbocycles. The molecule has 152 valence electrons. The molecule has 4 aromatic rings. The van der Waals surface area contributed by atoms with Gasteiger partial charge in [-0.15, -0.1) is 5.10 Å². The number of carbonyl (C=O) groups excluding carboxylic acids is 1. The number of hydrogen-bond acceptors (Lipinski definition) is 4. The van der Waals surface area contributed by atoms with Crippen LogP contribution < -0.4 is 0 Å². The number of tetrazole rings is 1. The van der Waals surface area contributed by atoms with E-state index in [-0.39, 0.29) is 11.9 Å². The van der Waals surface area contributed by atoms with Gasteiger partial charge < -0.3 is 4.90 Å². The van der Waals surface area contributed by atoms with E-state index in [0.29, 0.717) is 24.5 Å². The van der Waals surface area contributed by atoms with E-state index in [0.717, 1.165) is 16.7 Å². The summed E-state index contributed by atoms with van der Waals surface area (Å²) in [7, 11) is 0. The van der Waals surface area contributed by atoms with Crippen LogP contribution in [0.5, 0.6) is 0 Å². The van der Waals surface area contributed by atoms with Gasteiger partial charge in [-0.05, 0) is 33.2 Å². The molecule has 1 amide bonds. The quantitative estimate of drug-likeness (QED) is 0.482. The van der Waals surface area contributed by atoms with Gasteiger partial charge in [0.2, 0.25) is 0 Å². The largest absolute Gasteiger partial charge is 0.320 e. The first kappa shape index (κ1) is 18.9. The van der Waals surface area contributed by atoms with Crippen molar-refractivity contribution in [3.63, 3.8) is 0 Å². The Morgan fingerprint density at radius 3 is 2.23 bits per heavy atom. The van der Waals surface area contributed by atoms with E-state index in [9.17, 15) is 4.79 Å². The SMILES string of the molecule is O=C1/C(=C\c2ccccc2)Cn2nnnc2C(c2ccccc2)N1Cc1ccccc1. The van der Waals surface area contributed by atoms with E-state index >= 15 is 0 Å². The molecule has 5 rings (SSSR count). The average molecular weight is 407 g/mol. The molecule has 1 aliphatic rings. The van der Waals surface area contributed by atoms with Crippen LogP contribution in [0.1, 0.15) is 28.6 Å². The van der Waals surface area contributed by atoms with Crippen molar-refractivity contribution in [1.82, 2.24) is 25.1 Å². The maximum absolute atomic E-state index is 13.9. The molecular weight excluding hydrogens is 386 g/mol. The van der Waals surface area contributed by atoms with Gasteiger partial charge in [0, 0.05) is 12.1 Å². The van der Waals surface area contributed by atoms with Gasteiger partial charge in [-0.25, -0.2) is 4.68 Å². The molecule has 0 fully saturated rings. The van der Waals surface area contributed by atoms with Gasteiger partial charge in [0.25, 0.3) is 5.91 Å². The number of hydrogen-bond donors (Lipinski definition) is 0. The molecular formula is C25H21N5O. The van der Waals surface area contributed by atoms with Gasteiger partial charge in [-0.2, -0.15) is 0 Å². The average Bonchev–Trinajstić information content (AvgIpc) is 3.24. The van der Waals surface area contributed by atoms with Crippen molar-refractivity contribution < 1.29 is 4.79 Å².